The zero-order valence-electron chi connectivity index (χ0n) is 11.8. The lowest BCUT2D eigenvalue weighted by Gasteiger charge is -2.30. The highest BCUT2D eigenvalue weighted by atomic mass is 19.1. The first-order valence-electron chi connectivity index (χ1n) is 7.12. The third-order valence-corrected chi connectivity index (χ3v) is 3.77. The van der Waals surface area contributed by atoms with Crippen molar-refractivity contribution in [1.29, 1.82) is 0 Å². The Kier molecular flexibility index (Phi) is 5.16. The molecule has 1 fully saturated rings. The largest absolute Gasteiger partial charge is 0.325 e. The van der Waals surface area contributed by atoms with Crippen molar-refractivity contribution in [3.63, 3.8) is 0 Å². The number of hydrogen-bond acceptors (Lipinski definition) is 1. The fourth-order valence-electron chi connectivity index (χ4n) is 2.56. The Hall–Kier alpha value is -1.84. The van der Waals surface area contributed by atoms with Gasteiger partial charge in [0.05, 0.1) is 0 Å². The molecule has 20 heavy (non-hydrogen) atoms. The van der Waals surface area contributed by atoms with Crippen LogP contribution in [-0.2, 0) is 0 Å². The van der Waals surface area contributed by atoms with Crippen LogP contribution in [0.1, 0.15) is 37.7 Å². The molecule has 0 spiro atoms. The summed E-state index contributed by atoms with van der Waals surface area (Å²) in [6.45, 7) is 0. The molecule has 2 amide bonds. The minimum atomic E-state index is -0.280. The Balaban J connectivity index is 1.84. The van der Waals surface area contributed by atoms with Crippen LogP contribution in [0.4, 0.5) is 9.18 Å². The number of nitrogens with zero attached hydrogens (tertiary/aromatic N) is 1. The molecule has 0 aliphatic heterocycles. The van der Waals surface area contributed by atoms with Gasteiger partial charge in [-0.1, -0.05) is 31.4 Å². The minimum Gasteiger partial charge on any atom is -0.325 e. The first kappa shape index (κ1) is 14.6. The van der Waals surface area contributed by atoms with Crippen LogP contribution in [0.3, 0.4) is 0 Å². The molecule has 0 atom stereocenters. The number of amides is 2. The summed E-state index contributed by atoms with van der Waals surface area (Å²) in [6.07, 6.45) is 9.08. The Bertz CT molecular complexity index is 481. The second kappa shape index (κ2) is 7.08. The van der Waals surface area contributed by atoms with Crippen LogP contribution in [0.5, 0.6) is 0 Å². The van der Waals surface area contributed by atoms with E-state index in [1.165, 1.54) is 31.4 Å². The quantitative estimate of drug-likeness (QED) is 0.895. The van der Waals surface area contributed by atoms with E-state index in [4.69, 9.17) is 0 Å². The molecule has 1 aliphatic rings. The van der Waals surface area contributed by atoms with E-state index in [-0.39, 0.29) is 11.8 Å². The van der Waals surface area contributed by atoms with Gasteiger partial charge in [0.25, 0.3) is 0 Å². The van der Waals surface area contributed by atoms with Gasteiger partial charge in [0.2, 0.25) is 0 Å². The van der Waals surface area contributed by atoms with Gasteiger partial charge in [-0.15, -0.1) is 0 Å². The normalized spacial score (nSPS) is 16.3. The Morgan fingerprint density at radius 3 is 2.80 bits per heavy atom. The highest BCUT2D eigenvalue weighted by Crippen LogP contribution is 2.21. The molecule has 108 valence electrons. The van der Waals surface area contributed by atoms with E-state index < -0.39 is 0 Å². The second-order valence-corrected chi connectivity index (χ2v) is 5.24. The van der Waals surface area contributed by atoms with Crippen LogP contribution in [0, 0.1) is 5.82 Å². The van der Waals surface area contributed by atoms with Crippen molar-refractivity contribution in [2.75, 3.05) is 7.05 Å². The maximum absolute atomic E-state index is 13.0. The van der Waals surface area contributed by atoms with Crippen LogP contribution < -0.4 is 5.32 Å². The fourth-order valence-corrected chi connectivity index (χ4v) is 2.56. The molecule has 1 aromatic rings. The van der Waals surface area contributed by atoms with E-state index in [0.717, 1.165) is 18.4 Å². The molecule has 0 unspecified atom stereocenters. The minimum absolute atomic E-state index is 0.107. The Labute approximate surface area is 119 Å². The van der Waals surface area contributed by atoms with Crippen molar-refractivity contribution in [2.45, 2.75) is 38.1 Å². The van der Waals surface area contributed by atoms with Crippen LogP contribution in [-0.4, -0.2) is 24.0 Å². The molecule has 3 nitrogen and oxygen atoms in total. The van der Waals surface area contributed by atoms with Crippen molar-refractivity contribution in [3.8, 4) is 0 Å². The van der Waals surface area contributed by atoms with Gasteiger partial charge in [0.1, 0.15) is 5.82 Å². The van der Waals surface area contributed by atoms with Crippen LogP contribution >= 0.6 is 0 Å². The highest BCUT2D eigenvalue weighted by molar-refractivity contribution is 5.76. The SMILES string of the molecule is CN(C(=O)N/C=C/c1cccc(F)c1)C1CCCCC1. The third-order valence-electron chi connectivity index (χ3n) is 3.77. The van der Waals surface area contributed by atoms with Gasteiger partial charge in [0.15, 0.2) is 0 Å². The summed E-state index contributed by atoms with van der Waals surface area (Å²) in [7, 11) is 1.83. The van der Waals surface area contributed by atoms with Crippen molar-refractivity contribution < 1.29 is 9.18 Å². The van der Waals surface area contributed by atoms with Gasteiger partial charge >= 0.3 is 6.03 Å². The first-order valence-corrected chi connectivity index (χ1v) is 7.12. The number of urea groups is 1. The summed E-state index contributed by atoms with van der Waals surface area (Å²) >= 11 is 0. The predicted octanol–water partition coefficient (Wildman–Crippen LogP) is 3.77. The predicted molar refractivity (Wildman–Crippen MR) is 78.6 cm³/mol. The van der Waals surface area contributed by atoms with Crippen LogP contribution in [0.25, 0.3) is 6.08 Å². The average molecular weight is 276 g/mol. The summed E-state index contributed by atoms with van der Waals surface area (Å²) in [5.74, 6) is -0.280. The third kappa shape index (κ3) is 4.08. The number of nitrogens with one attached hydrogen (secondary N) is 1. The van der Waals surface area contributed by atoms with Crippen molar-refractivity contribution in [2.24, 2.45) is 0 Å². The van der Waals surface area contributed by atoms with Crippen molar-refractivity contribution >= 4 is 12.1 Å². The first-order chi connectivity index (χ1) is 9.66. The molecule has 0 aromatic heterocycles. The van der Waals surface area contributed by atoms with E-state index in [0.29, 0.717) is 6.04 Å². The number of carbonyl (C=O) groups excluding carboxylic acids is 1. The van der Waals surface area contributed by atoms with Crippen LogP contribution in [0.2, 0.25) is 0 Å². The molecular weight excluding hydrogens is 255 g/mol. The fraction of sp³-hybridized carbons (Fsp3) is 0.438. The Morgan fingerprint density at radius 1 is 1.35 bits per heavy atom. The number of rotatable bonds is 3. The maximum Gasteiger partial charge on any atom is 0.321 e. The molecule has 1 N–H and O–H groups in total. The second-order valence-electron chi connectivity index (χ2n) is 5.24. The molecule has 1 aromatic carbocycles. The van der Waals surface area contributed by atoms with Gasteiger partial charge < -0.3 is 10.2 Å². The molecule has 4 heteroatoms. The lowest BCUT2D eigenvalue weighted by atomic mass is 9.95. The number of hydrogen-bond donors (Lipinski definition) is 1. The van der Waals surface area contributed by atoms with E-state index in [9.17, 15) is 9.18 Å². The monoisotopic (exact) mass is 276 g/mol. The molecular formula is C16H21FN2O. The lowest BCUT2D eigenvalue weighted by molar-refractivity contribution is 0.177. The molecule has 2 rings (SSSR count). The number of halogens is 1. The summed E-state index contributed by atoms with van der Waals surface area (Å²) in [6, 6.07) is 6.48. The van der Waals surface area contributed by atoms with Crippen molar-refractivity contribution in [3.05, 3.63) is 41.8 Å². The van der Waals surface area contributed by atoms with Gasteiger partial charge in [-0.3, -0.25) is 0 Å². The number of carbonyl (C=O) groups is 1. The maximum atomic E-state index is 13.0. The standard InChI is InChI=1S/C16H21FN2O/c1-19(15-8-3-2-4-9-15)16(20)18-11-10-13-6-5-7-14(17)12-13/h5-7,10-12,15H,2-4,8-9H2,1H3,(H,18,20)/b11-10+. The van der Waals surface area contributed by atoms with E-state index in [2.05, 4.69) is 5.32 Å². The molecule has 0 heterocycles. The summed E-state index contributed by atoms with van der Waals surface area (Å²) in [5.41, 5.74) is 0.727. The average Bonchev–Trinajstić information content (AvgIpc) is 2.47. The molecule has 0 radical (unpaired) electrons. The highest BCUT2D eigenvalue weighted by Gasteiger charge is 2.21. The van der Waals surface area contributed by atoms with Crippen LogP contribution in [0.15, 0.2) is 30.5 Å². The van der Waals surface area contributed by atoms with E-state index in [1.54, 1.807) is 29.3 Å². The van der Waals surface area contributed by atoms with Crippen molar-refractivity contribution in [1.82, 2.24) is 10.2 Å². The van der Waals surface area contributed by atoms with E-state index in [1.807, 2.05) is 7.05 Å². The van der Waals surface area contributed by atoms with Gasteiger partial charge in [-0.05, 0) is 36.6 Å². The number of benzene rings is 1. The zero-order chi connectivity index (χ0) is 14.4. The van der Waals surface area contributed by atoms with Gasteiger partial charge in [-0.2, -0.15) is 0 Å². The topological polar surface area (TPSA) is 32.3 Å². The van der Waals surface area contributed by atoms with E-state index >= 15 is 0 Å². The van der Waals surface area contributed by atoms with Gasteiger partial charge in [-0.25, -0.2) is 9.18 Å². The lowest BCUT2D eigenvalue weighted by Crippen LogP contribution is -2.42. The zero-order valence-corrected chi connectivity index (χ0v) is 11.8. The molecule has 0 bridgehead atoms. The van der Waals surface area contributed by atoms with Gasteiger partial charge in [0, 0.05) is 19.3 Å². The smallest absolute Gasteiger partial charge is 0.321 e. The molecule has 1 saturated carbocycles. The molecule has 0 saturated heterocycles. The molecule has 1 aliphatic carbocycles. The summed E-state index contributed by atoms with van der Waals surface area (Å²) in [4.78, 5) is 13.8. The summed E-state index contributed by atoms with van der Waals surface area (Å²) in [5, 5.41) is 2.73. The summed E-state index contributed by atoms with van der Waals surface area (Å²) < 4.78 is 13.0. The Morgan fingerprint density at radius 2 is 2.10 bits per heavy atom.